The number of aromatic nitrogens is 3. The smallest absolute Gasteiger partial charge is 0.346 e. The van der Waals surface area contributed by atoms with Gasteiger partial charge >= 0.3 is 11.4 Å². The summed E-state index contributed by atoms with van der Waals surface area (Å²) >= 11 is 0. The number of nitrogens with zero attached hydrogens (tertiary/aromatic N) is 5. The van der Waals surface area contributed by atoms with Gasteiger partial charge in [-0.25, -0.2) is 9.97 Å². The second-order valence-corrected chi connectivity index (χ2v) is 4.97. The van der Waals surface area contributed by atoms with Crippen LogP contribution in [-0.2, 0) is 13.7 Å². The van der Waals surface area contributed by atoms with E-state index in [9.17, 15) is 20.2 Å². The van der Waals surface area contributed by atoms with Gasteiger partial charge in [-0.05, 0) is 17.7 Å². The van der Waals surface area contributed by atoms with Gasteiger partial charge in [-0.2, -0.15) is 0 Å². The first-order chi connectivity index (χ1) is 11.5. The van der Waals surface area contributed by atoms with Crippen molar-refractivity contribution in [2.45, 2.75) is 6.61 Å². The summed E-state index contributed by atoms with van der Waals surface area (Å²) < 4.78 is 7.36. The minimum Gasteiger partial charge on any atom is -0.471 e. The summed E-state index contributed by atoms with van der Waals surface area (Å²) in [5.74, 6) is 0.327. The number of nitro groups is 2. The lowest BCUT2D eigenvalue weighted by atomic mass is 10.2. The van der Waals surface area contributed by atoms with Crippen molar-refractivity contribution in [1.82, 2.24) is 14.5 Å². The van der Waals surface area contributed by atoms with E-state index >= 15 is 0 Å². The molecule has 122 valence electrons. The standard InChI is InChI=1S/C14H11N5O5/c1-17-8-16-10-4-5-15-14(13(10)17)24-7-9-2-3-11(18(20)21)12(6-9)19(22)23/h2-6,8H,7H2,1H3. The maximum Gasteiger partial charge on any atom is 0.346 e. The second kappa shape index (κ2) is 5.91. The van der Waals surface area contributed by atoms with Crippen molar-refractivity contribution >= 4 is 22.4 Å². The van der Waals surface area contributed by atoms with E-state index in [-0.39, 0.29) is 6.61 Å². The molecule has 3 aromatic rings. The first-order valence-electron chi connectivity index (χ1n) is 6.78. The molecule has 0 bridgehead atoms. The highest BCUT2D eigenvalue weighted by molar-refractivity contribution is 5.79. The zero-order valence-electron chi connectivity index (χ0n) is 12.4. The Labute approximate surface area is 134 Å². The van der Waals surface area contributed by atoms with Crippen molar-refractivity contribution in [2.24, 2.45) is 7.05 Å². The highest BCUT2D eigenvalue weighted by atomic mass is 16.6. The molecule has 0 radical (unpaired) electrons. The van der Waals surface area contributed by atoms with Crippen LogP contribution in [0.2, 0.25) is 0 Å². The lowest BCUT2D eigenvalue weighted by Gasteiger charge is -2.07. The Morgan fingerprint density at radius 2 is 1.88 bits per heavy atom. The number of pyridine rings is 1. The number of fused-ring (bicyclic) bond motifs is 1. The first kappa shape index (κ1) is 15.3. The van der Waals surface area contributed by atoms with E-state index in [0.29, 0.717) is 22.5 Å². The topological polar surface area (TPSA) is 126 Å². The molecule has 0 aliphatic heterocycles. The predicted molar refractivity (Wildman–Crippen MR) is 82.6 cm³/mol. The summed E-state index contributed by atoms with van der Waals surface area (Å²) in [6.07, 6.45) is 3.17. The second-order valence-electron chi connectivity index (χ2n) is 4.97. The molecular weight excluding hydrogens is 318 g/mol. The van der Waals surface area contributed by atoms with Gasteiger partial charge in [0.25, 0.3) is 0 Å². The Morgan fingerprint density at radius 1 is 1.12 bits per heavy atom. The molecular formula is C14H11N5O5. The molecule has 10 heteroatoms. The molecule has 10 nitrogen and oxygen atoms in total. The van der Waals surface area contributed by atoms with Crippen LogP contribution in [0.1, 0.15) is 5.56 Å². The quantitative estimate of drug-likeness (QED) is 0.519. The molecule has 2 heterocycles. The minimum atomic E-state index is -0.791. The third-order valence-electron chi connectivity index (χ3n) is 3.40. The van der Waals surface area contributed by atoms with Crippen molar-refractivity contribution in [3.63, 3.8) is 0 Å². The molecule has 0 unspecified atom stereocenters. The highest BCUT2D eigenvalue weighted by Crippen LogP contribution is 2.28. The van der Waals surface area contributed by atoms with Crippen LogP contribution in [0.25, 0.3) is 11.0 Å². The first-order valence-corrected chi connectivity index (χ1v) is 6.78. The molecule has 24 heavy (non-hydrogen) atoms. The minimum absolute atomic E-state index is 0.0177. The van der Waals surface area contributed by atoms with Crippen molar-refractivity contribution in [3.05, 3.63) is 62.6 Å². The number of nitro benzene ring substituents is 2. The molecule has 3 rings (SSSR count). The lowest BCUT2D eigenvalue weighted by molar-refractivity contribution is -0.422. The molecule has 2 aromatic heterocycles. The molecule has 0 N–H and O–H groups in total. The van der Waals surface area contributed by atoms with Crippen LogP contribution in [0, 0.1) is 20.2 Å². The van der Waals surface area contributed by atoms with Crippen molar-refractivity contribution in [2.75, 3.05) is 0 Å². The summed E-state index contributed by atoms with van der Waals surface area (Å²) in [5, 5.41) is 21.8. The Balaban J connectivity index is 1.89. The fourth-order valence-electron chi connectivity index (χ4n) is 2.28. The average Bonchev–Trinajstić information content (AvgIpc) is 2.94. The van der Waals surface area contributed by atoms with E-state index < -0.39 is 21.2 Å². The van der Waals surface area contributed by atoms with Gasteiger partial charge < -0.3 is 9.30 Å². The number of hydrogen-bond acceptors (Lipinski definition) is 7. The molecule has 1 aromatic carbocycles. The summed E-state index contributed by atoms with van der Waals surface area (Å²) in [6.45, 7) is -0.0177. The van der Waals surface area contributed by atoms with Crippen molar-refractivity contribution in [1.29, 1.82) is 0 Å². The van der Waals surface area contributed by atoms with E-state index in [0.717, 1.165) is 12.1 Å². The van der Waals surface area contributed by atoms with Crippen LogP contribution >= 0.6 is 0 Å². The molecule has 0 atom stereocenters. The molecule has 0 amide bonds. The number of hydrogen-bond donors (Lipinski definition) is 0. The van der Waals surface area contributed by atoms with Crippen molar-refractivity contribution in [3.8, 4) is 5.88 Å². The number of imidazole rings is 1. The number of aryl methyl sites for hydroxylation is 1. The zero-order valence-corrected chi connectivity index (χ0v) is 12.4. The van der Waals surface area contributed by atoms with Crippen LogP contribution in [0.5, 0.6) is 5.88 Å². The number of rotatable bonds is 5. The molecule has 0 saturated carbocycles. The molecule has 0 saturated heterocycles. The Hall–Kier alpha value is -3.56. The summed E-state index contributed by atoms with van der Waals surface area (Å²) in [6, 6.07) is 5.36. The average molecular weight is 329 g/mol. The highest BCUT2D eigenvalue weighted by Gasteiger charge is 2.24. The maximum absolute atomic E-state index is 11.0. The molecule has 0 spiro atoms. The van der Waals surface area contributed by atoms with Gasteiger partial charge in [0.05, 0.1) is 21.7 Å². The van der Waals surface area contributed by atoms with Gasteiger partial charge in [-0.15, -0.1) is 0 Å². The van der Waals surface area contributed by atoms with E-state index in [4.69, 9.17) is 4.74 Å². The van der Waals surface area contributed by atoms with Gasteiger partial charge in [0.1, 0.15) is 12.1 Å². The third-order valence-corrected chi connectivity index (χ3v) is 3.40. The van der Waals surface area contributed by atoms with E-state index in [1.54, 1.807) is 30.2 Å². The van der Waals surface area contributed by atoms with Crippen LogP contribution in [-0.4, -0.2) is 24.4 Å². The van der Waals surface area contributed by atoms with E-state index in [2.05, 4.69) is 9.97 Å². The fourth-order valence-corrected chi connectivity index (χ4v) is 2.28. The van der Waals surface area contributed by atoms with E-state index in [1.807, 2.05) is 0 Å². The number of ether oxygens (including phenoxy) is 1. The number of benzene rings is 1. The van der Waals surface area contributed by atoms with Crippen LogP contribution in [0.15, 0.2) is 36.8 Å². The SMILES string of the molecule is Cn1cnc2ccnc(OCc3ccc([N+](=O)[O-])c([N+](=O)[O-])c3)c21. The fraction of sp³-hybridized carbons (Fsp3) is 0.143. The van der Waals surface area contributed by atoms with Gasteiger partial charge in [0.2, 0.25) is 5.88 Å². The zero-order chi connectivity index (χ0) is 17.3. The van der Waals surface area contributed by atoms with Gasteiger partial charge in [0.15, 0.2) is 0 Å². The largest absolute Gasteiger partial charge is 0.471 e. The molecule has 0 aliphatic rings. The normalized spacial score (nSPS) is 10.7. The summed E-state index contributed by atoms with van der Waals surface area (Å²) in [7, 11) is 1.79. The molecule has 0 aliphatic carbocycles. The van der Waals surface area contributed by atoms with Crippen molar-refractivity contribution < 1.29 is 14.6 Å². The Kier molecular flexibility index (Phi) is 3.78. The summed E-state index contributed by atoms with van der Waals surface area (Å²) in [5.41, 5.74) is 0.683. The van der Waals surface area contributed by atoms with Crippen LogP contribution < -0.4 is 4.74 Å². The van der Waals surface area contributed by atoms with Gasteiger partial charge in [-0.1, -0.05) is 0 Å². The Morgan fingerprint density at radius 3 is 2.58 bits per heavy atom. The van der Waals surface area contributed by atoms with Gasteiger partial charge in [0, 0.05) is 25.4 Å². The predicted octanol–water partition coefficient (Wildman–Crippen LogP) is 2.36. The third kappa shape index (κ3) is 2.72. The van der Waals surface area contributed by atoms with Crippen LogP contribution in [0.3, 0.4) is 0 Å². The monoisotopic (exact) mass is 329 g/mol. The Bertz CT molecular complexity index is 952. The van der Waals surface area contributed by atoms with Gasteiger partial charge in [-0.3, -0.25) is 20.2 Å². The summed E-state index contributed by atoms with van der Waals surface area (Å²) in [4.78, 5) is 28.5. The van der Waals surface area contributed by atoms with Crippen LogP contribution in [0.4, 0.5) is 11.4 Å². The van der Waals surface area contributed by atoms with E-state index in [1.165, 1.54) is 6.07 Å². The maximum atomic E-state index is 11.0. The molecule has 0 fully saturated rings. The lowest BCUT2D eigenvalue weighted by Crippen LogP contribution is -2.02.